The van der Waals surface area contributed by atoms with Crippen LogP contribution in [-0.4, -0.2) is 35.5 Å². The smallest absolute Gasteiger partial charge is 0.312 e. The van der Waals surface area contributed by atoms with Crippen LogP contribution < -0.4 is 0 Å². The zero-order chi connectivity index (χ0) is 26.4. The number of allylic oxidation sites excluding steroid dienone is 2. The van der Waals surface area contributed by atoms with Crippen molar-refractivity contribution in [2.24, 2.45) is 50.2 Å². The van der Waals surface area contributed by atoms with Crippen molar-refractivity contribution in [1.82, 2.24) is 0 Å². The van der Waals surface area contributed by atoms with E-state index in [2.05, 4.69) is 47.6 Å². The van der Waals surface area contributed by atoms with Crippen LogP contribution in [0.3, 0.4) is 0 Å². The highest BCUT2D eigenvalue weighted by Crippen LogP contribution is 2.75. The van der Waals surface area contributed by atoms with Gasteiger partial charge in [0, 0.05) is 5.41 Å². The maximum atomic E-state index is 13.6. The lowest BCUT2D eigenvalue weighted by atomic mass is 9.33. The molecule has 9 atom stereocenters. The summed E-state index contributed by atoms with van der Waals surface area (Å²) in [4.78, 5) is 13.6. The Morgan fingerprint density at radius 3 is 2.33 bits per heavy atom. The minimum absolute atomic E-state index is 0.0522. The average Bonchev–Trinajstić information content (AvgIpc) is 2.82. The van der Waals surface area contributed by atoms with Gasteiger partial charge in [-0.3, -0.25) is 4.79 Å². The molecule has 4 heteroatoms. The molecule has 2 N–H and O–H groups in total. The Morgan fingerprint density at radius 2 is 1.67 bits per heavy atom. The van der Waals surface area contributed by atoms with E-state index in [9.17, 15) is 15.0 Å². The second-order valence-electron chi connectivity index (χ2n) is 15.3. The number of hydrogen-bond acceptors (Lipinski definition) is 4. The van der Waals surface area contributed by atoms with Gasteiger partial charge in [0.15, 0.2) is 0 Å². The molecule has 0 aliphatic heterocycles. The normalized spacial score (nSPS) is 51.6. The molecule has 0 heterocycles. The summed E-state index contributed by atoms with van der Waals surface area (Å²) in [5.41, 5.74) is 1.37. The van der Waals surface area contributed by atoms with Crippen LogP contribution in [0.15, 0.2) is 11.6 Å². The maximum absolute atomic E-state index is 13.6. The van der Waals surface area contributed by atoms with Crippen LogP contribution in [-0.2, 0) is 9.53 Å². The minimum atomic E-state index is -0.418. The van der Waals surface area contributed by atoms with Crippen molar-refractivity contribution in [2.75, 3.05) is 13.2 Å². The zero-order valence-corrected chi connectivity index (χ0v) is 24.1. The Kier molecular flexibility index (Phi) is 6.17. The van der Waals surface area contributed by atoms with E-state index in [-0.39, 0.29) is 45.6 Å². The fourth-order valence-electron chi connectivity index (χ4n) is 10.9. The molecule has 0 bridgehead atoms. The van der Waals surface area contributed by atoms with Crippen LogP contribution in [0.5, 0.6) is 0 Å². The molecular weight excluding hydrogens is 448 g/mol. The quantitative estimate of drug-likeness (QED) is 0.335. The Hall–Kier alpha value is -0.870. The predicted molar refractivity (Wildman–Crippen MR) is 143 cm³/mol. The van der Waals surface area contributed by atoms with E-state index in [4.69, 9.17) is 4.74 Å². The number of carbonyl (C=O) groups is 1. The summed E-state index contributed by atoms with van der Waals surface area (Å²) < 4.78 is 5.77. The summed E-state index contributed by atoms with van der Waals surface area (Å²) in [7, 11) is 0. The largest absolute Gasteiger partial charge is 0.466 e. The monoisotopic (exact) mass is 500 g/mol. The van der Waals surface area contributed by atoms with E-state index in [1.165, 1.54) is 0 Å². The maximum Gasteiger partial charge on any atom is 0.312 e. The van der Waals surface area contributed by atoms with Gasteiger partial charge in [-0.05, 0) is 111 Å². The third-order valence-electron chi connectivity index (χ3n) is 13.4. The molecule has 0 aromatic carbocycles. The standard InChI is InChI=1S/C32H52O4/c1-8-36-26(35)32-17-15-27(2,3)19-22(32)21-9-10-24-28(4)13-12-25(34)29(5,20-33)23(28)11-14-31(24,7)30(21,6)16-18-32/h9,22-25,33-34H,8,10-20H2,1-7H3/t22?,23?,24?,25-,28-,29-,30+,31+,32-/m0/s1. The van der Waals surface area contributed by atoms with Crippen molar-refractivity contribution in [1.29, 1.82) is 0 Å². The Morgan fingerprint density at radius 1 is 0.972 bits per heavy atom. The number of aliphatic hydroxyl groups is 2. The summed E-state index contributed by atoms with van der Waals surface area (Å²) >= 11 is 0. The van der Waals surface area contributed by atoms with Gasteiger partial charge in [0.1, 0.15) is 0 Å². The van der Waals surface area contributed by atoms with Crippen LogP contribution in [0.25, 0.3) is 0 Å². The molecule has 4 nitrogen and oxygen atoms in total. The van der Waals surface area contributed by atoms with E-state index in [0.29, 0.717) is 18.4 Å². The Balaban J connectivity index is 1.58. The second-order valence-corrected chi connectivity index (χ2v) is 15.3. The van der Waals surface area contributed by atoms with Crippen LogP contribution in [0.2, 0.25) is 0 Å². The van der Waals surface area contributed by atoms with Gasteiger partial charge in [-0.25, -0.2) is 0 Å². The van der Waals surface area contributed by atoms with Crippen LogP contribution >= 0.6 is 0 Å². The van der Waals surface area contributed by atoms with Gasteiger partial charge < -0.3 is 14.9 Å². The van der Waals surface area contributed by atoms with Gasteiger partial charge in [-0.2, -0.15) is 0 Å². The van der Waals surface area contributed by atoms with Gasteiger partial charge in [-0.1, -0.05) is 53.2 Å². The van der Waals surface area contributed by atoms with E-state index in [1.807, 2.05) is 6.92 Å². The number of hydrogen-bond donors (Lipinski definition) is 2. The van der Waals surface area contributed by atoms with Crippen molar-refractivity contribution in [3.8, 4) is 0 Å². The lowest BCUT2D eigenvalue weighted by Gasteiger charge is -2.71. The number of ether oxygens (including phenoxy) is 1. The van der Waals surface area contributed by atoms with Gasteiger partial charge in [0.05, 0.1) is 24.7 Å². The highest BCUT2D eigenvalue weighted by Gasteiger charge is 2.69. The Bertz CT molecular complexity index is 938. The van der Waals surface area contributed by atoms with Gasteiger partial charge in [0.2, 0.25) is 0 Å². The number of rotatable bonds is 3. The first-order valence-electron chi connectivity index (χ1n) is 14.9. The third-order valence-corrected chi connectivity index (χ3v) is 13.4. The molecule has 0 aromatic rings. The lowest BCUT2D eigenvalue weighted by Crippen LogP contribution is -2.66. The first-order valence-corrected chi connectivity index (χ1v) is 14.9. The average molecular weight is 501 g/mol. The van der Waals surface area contributed by atoms with E-state index < -0.39 is 11.5 Å². The lowest BCUT2D eigenvalue weighted by molar-refractivity contribution is -0.217. The minimum Gasteiger partial charge on any atom is -0.466 e. The number of fused-ring (bicyclic) bond motifs is 7. The molecule has 0 radical (unpaired) electrons. The molecule has 5 aliphatic rings. The summed E-state index contributed by atoms with van der Waals surface area (Å²) in [5, 5.41) is 21.4. The zero-order valence-electron chi connectivity index (χ0n) is 24.1. The molecular formula is C32H52O4. The SMILES string of the molecule is CCOC(=O)[C@]12CCC(C)(C)CC1C1=CCC3[C@@]4(C)CC[C@H](O)[C@@](C)(CO)C4CC[C@@]3(C)[C@]1(C)CC2. The van der Waals surface area contributed by atoms with Crippen molar-refractivity contribution in [2.45, 2.75) is 119 Å². The van der Waals surface area contributed by atoms with Crippen molar-refractivity contribution >= 4 is 5.97 Å². The molecule has 0 aromatic heterocycles. The highest BCUT2D eigenvalue weighted by atomic mass is 16.5. The fraction of sp³-hybridized carbons (Fsp3) is 0.906. The number of esters is 1. The van der Waals surface area contributed by atoms with Crippen LogP contribution in [0.1, 0.15) is 113 Å². The molecule has 5 aliphatic carbocycles. The summed E-state index contributed by atoms with van der Waals surface area (Å²) in [5.74, 6) is 1.20. The first kappa shape index (κ1) is 26.7. The summed E-state index contributed by atoms with van der Waals surface area (Å²) in [6.45, 7) is 17.0. The molecule has 204 valence electrons. The van der Waals surface area contributed by atoms with Crippen molar-refractivity contribution < 1.29 is 19.7 Å². The van der Waals surface area contributed by atoms with Gasteiger partial charge in [-0.15, -0.1) is 0 Å². The van der Waals surface area contributed by atoms with Crippen LogP contribution in [0.4, 0.5) is 0 Å². The molecule has 0 saturated heterocycles. The van der Waals surface area contributed by atoms with E-state index in [1.54, 1.807) is 5.57 Å². The van der Waals surface area contributed by atoms with Gasteiger partial charge in [0.25, 0.3) is 0 Å². The highest BCUT2D eigenvalue weighted by molar-refractivity contribution is 5.78. The fourth-order valence-corrected chi connectivity index (χ4v) is 10.9. The van der Waals surface area contributed by atoms with Crippen molar-refractivity contribution in [3.05, 3.63) is 11.6 Å². The number of carbonyl (C=O) groups excluding carboxylic acids is 1. The third kappa shape index (κ3) is 3.28. The summed E-state index contributed by atoms with van der Waals surface area (Å²) in [6, 6.07) is 0. The first-order chi connectivity index (χ1) is 16.7. The Labute approximate surface area is 219 Å². The molecule has 4 fully saturated rings. The molecule has 0 amide bonds. The van der Waals surface area contributed by atoms with Gasteiger partial charge >= 0.3 is 5.97 Å². The number of aliphatic hydroxyl groups excluding tert-OH is 2. The van der Waals surface area contributed by atoms with Crippen molar-refractivity contribution in [3.63, 3.8) is 0 Å². The molecule has 5 rings (SSSR count). The molecule has 36 heavy (non-hydrogen) atoms. The predicted octanol–water partition coefficient (Wildman–Crippen LogP) is 6.68. The van der Waals surface area contributed by atoms with E-state index >= 15 is 0 Å². The molecule has 4 saturated carbocycles. The summed E-state index contributed by atoms with van der Waals surface area (Å²) in [6.07, 6.45) is 12.4. The molecule has 3 unspecified atom stereocenters. The molecule has 0 spiro atoms. The van der Waals surface area contributed by atoms with E-state index in [0.717, 1.165) is 64.2 Å². The van der Waals surface area contributed by atoms with Crippen LogP contribution in [0, 0.1) is 50.2 Å². The topological polar surface area (TPSA) is 66.8 Å². The second kappa shape index (κ2) is 8.31.